The Morgan fingerprint density at radius 1 is 1.43 bits per heavy atom. The minimum atomic E-state index is -0.148. The van der Waals surface area contributed by atoms with Crippen molar-refractivity contribution in [2.75, 3.05) is 13.7 Å². The number of hydrogen-bond acceptors (Lipinski definition) is 2. The fourth-order valence-electron chi connectivity index (χ4n) is 1.14. The molecule has 0 saturated heterocycles. The minimum absolute atomic E-state index is 0.114. The summed E-state index contributed by atoms with van der Waals surface area (Å²) in [6, 6.07) is 9.27. The maximum Gasteiger partial charge on any atom is 0.176 e. The Balaban J connectivity index is 2.57. The SMILES string of the molecule is COCCC(Br)C(=O)c1ccccc1. The molecule has 0 aliphatic carbocycles. The smallest absolute Gasteiger partial charge is 0.176 e. The minimum Gasteiger partial charge on any atom is -0.385 e. The van der Waals surface area contributed by atoms with Gasteiger partial charge in [0.25, 0.3) is 0 Å². The van der Waals surface area contributed by atoms with E-state index in [1.54, 1.807) is 7.11 Å². The molecule has 0 bridgehead atoms. The van der Waals surface area contributed by atoms with Crippen molar-refractivity contribution < 1.29 is 9.53 Å². The molecule has 0 fully saturated rings. The molecule has 3 heteroatoms. The van der Waals surface area contributed by atoms with Gasteiger partial charge in [0.15, 0.2) is 5.78 Å². The van der Waals surface area contributed by atoms with Crippen LogP contribution in [0.4, 0.5) is 0 Å². The highest BCUT2D eigenvalue weighted by Crippen LogP contribution is 2.13. The van der Waals surface area contributed by atoms with Crippen LogP contribution in [0.3, 0.4) is 0 Å². The van der Waals surface area contributed by atoms with Crippen LogP contribution in [0.5, 0.6) is 0 Å². The normalized spacial score (nSPS) is 12.4. The first-order valence-corrected chi connectivity index (χ1v) is 5.39. The summed E-state index contributed by atoms with van der Waals surface area (Å²) in [6.45, 7) is 0.592. The summed E-state index contributed by atoms with van der Waals surface area (Å²) in [4.78, 5) is 11.6. The Hall–Kier alpha value is -0.670. The summed E-state index contributed by atoms with van der Waals surface area (Å²) >= 11 is 3.35. The standard InChI is InChI=1S/C11H13BrO2/c1-14-8-7-10(12)11(13)9-5-3-2-4-6-9/h2-6,10H,7-8H2,1H3. The molecule has 76 valence electrons. The van der Waals surface area contributed by atoms with E-state index in [2.05, 4.69) is 15.9 Å². The van der Waals surface area contributed by atoms with Crippen molar-refractivity contribution in [1.29, 1.82) is 0 Å². The number of Topliss-reactive ketones (excluding diaryl/α,β-unsaturated/α-hetero) is 1. The van der Waals surface area contributed by atoms with Crippen LogP contribution >= 0.6 is 15.9 Å². The fourth-order valence-corrected chi connectivity index (χ4v) is 1.59. The molecule has 1 aromatic carbocycles. The van der Waals surface area contributed by atoms with E-state index < -0.39 is 0 Å². The van der Waals surface area contributed by atoms with Crippen molar-refractivity contribution in [2.24, 2.45) is 0 Å². The predicted molar refractivity (Wildman–Crippen MR) is 60.0 cm³/mol. The van der Waals surface area contributed by atoms with Gasteiger partial charge >= 0.3 is 0 Å². The second kappa shape index (κ2) is 5.94. The van der Waals surface area contributed by atoms with Gasteiger partial charge in [-0.3, -0.25) is 4.79 Å². The van der Waals surface area contributed by atoms with Gasteiger partial charge in [-0.25, -0.2) is 0 Å². The number of alkyl halides is 1. The first-order chi connectivity index (χ1) is 6.75. The highest BCUT2D eigenvalue weighted by molar-refractivity contribution is 9.10. The quantitative estimate of drug-likeness (QED) is 0.598. The van der Waals surface area contributed by atoms with Crippen LogP contribution in [0.2, 0.25) is 0 Å². The van der Waals surface area contributed by atoms with Gasteiger partial charge in [-0.2, -0.15) is 0 Å². The van der Waals surface area contributed by atoms with Crippen molar-refractivity contribution in [2.45, 2.75) is 11.2 Å². The number of ketones is 1. The Morgan fingerprint density at radius 2 is 2.07 bits per heavy atom. The highest BCUT2D eigenvalue weighted by Gasteiger charge is 2.15. The second-order valence-electron chi connectivity index (χ2n) is 2.98. The Bertz CT molecular complexity index is 285. The molecule has 1 rings (SSSR count). The number of ether oxygens (including phenoxy) is 1. The monoisotopic (exact) mass is 256 g/mol. The lowest BCUT2D eigenvalue weighted by Gasteiger charge is -2.07. The van der Waals surface area contributed by atoms with Gasteiger partial charge in [-0.15, -0.1) is 0 Å². The van der Waals surface area contributed by atoms with E-state index in [4.69, 9.17) is 4.74 Å². The zero-order chi connectivity index (χ0) is 10.4. The summed E-state index contributed by atoms with van der Waals surface area (Å²) in [6.07, 6.45) is 0.699. The maximum atomic E-state index is 11.7. The lowest BCUT2D eigenvalue weighted by atomic mass is 10.1. The van der Waals surface area contributed by atoms with Crippen molar-refractivity contribution in [3.8, 4) is 0 Å². The number of carbonyl (C=O) groups is 1. The van der Waals surface area contributed by atoms with Crippen LogP contribution in [0, 0.1) is 0 Å². The summed E-state index contributed by atoms with van der Waals surface area (Å²) in [5.74, 6) is 0.114. The summed E-state index contributed by atoms with van der Waals surface area (Å²) < 4.78 is 4.92. The van der Waals surface area contributed by atoms with Gasteiger partial charge in [-0.1, -0.05) is 46.3 Å². The van der Waals surface area contributed by atoms with Crippen molar-refractivity contribution >= 4 is 21.7 Å². The van der Waals surface area contributed by atoms with Crippen molar-refractivity contribution in [3.05, 3.63) is 35.9 Å². The van der Waals surface area contributed by atoms with E-state index >= 15 is 0 Å². The van der Waals surface area contributed by atoms with Gasteiger partial charge < -0.3 is 4.74 Å². The van der Waals surface area contributed by atoms with E-state index in [1.807, 2.05) is 30.3 Å². The third kappa shape index (κ3) is 3.24. The average Bonchev–Trinajstić information content (AvgIpc) is 2.26. The molecular weight excluding hydrogens is 244 g/mol. The Morgan fingerprint density at radius 3 is 2.64 bits per heavy atom. The van der Waals surface area contributed by atoms with Crippen LogP contribution < -0.4 is 0 Å². The first-order valence-electron chi connectivity index (χ1n) is 4.48. The van der Waals surface area contributed by atoms with Crippen LogP contribution in [0.25, 0.3) is 0 Å². The number of halogens is 1. The molecule has 1 unspecified atom stereocenters. The van der Waals surface area contributed by atoms with E-state index in [9.17, 15) is 4.79 Å². The molecule has 0 aromatic heterocycles. The molecular formula is C11H13BrO2. The first kappa shape index (κ1) is 11.4. The number of hydrogen-bond donors (Lipinski definition) is 0. The number of rotatable bonds is 5. The lowest BCUT2D eigenvalue weighted by molar-refractivity contribution is 0.0974. The summed E-state index contributed by atoms with van der Waals surface area (Å²) in [7, 11) is 1.63. The third-order valence-corrected chi connectivity index (χ3v) is 2.79. The Kier molecular flexibility index (Phi) is 4.84. The van der Waals surface area contributed by atoms with Gasteiger partial charge in [0, 0.05) is 19.3 Å². The van der Waals surface area contributed by atoms with Gasteiger partial charge in [0.2, 0.25) is 0 Å². The molecule has 0 heterocycles. The maximum absolute atomic E-state index is 11.7. The van der Waals surface area contributed by atoms with Crippen molar-refractivity contribution in [3.63, 3.8) is 0 Å². The van der Waals surface area contributed by atoms with Gasteiger partial charge in [0.1, 0.15) is 0 Å². The number of methoxy groups -OCH3 is 1. The molecule has 0 aliphatic heterocycles. The summed E-state index contributed by atoms with van der Waals surface area (Å²) in [5.41, 5.74) is 0.741. The van der Waals surface area contributed by atoms with Crippen LogP contribution in [0.1, 0.15) is 16.8 Å². The van der Waals surface area contributed by atoms with Gasteiger partial charge in [0.05, 0.1) is 4.83 Å². The van der Waals surface area contributed by atoms with E-state index in [0.717, 1.165) is 5.56 Å². The molecule has 0 radical (unpaired) electrons. The van der Waals surface area contributed by atoms with Crippen LogP contribution in [-0.2, 0) is 4.74 Å². The summed E-state index contributed by atoms with van der Waals surface area (Å²) in [5, 5.41) is 0. The molecule has 0 spiro atoms. The molecule has 1 aromatic rings. The molecule has 14 heavy (non-hydrogen) atoms. The predicted octanol–water partition coefficient (Wildman–Crippen LogP) is 2.67. The van der Waals surface area contributed by atoms with Crippen LogP contribution in [0.15, 0.2) is 30.3 Å². The zero-order valence-corrected chi connectivity index (χ0v) is 9.66. The Labute approximate surface area is 92.4 Å². The molecule has 0 N–H and O–H groups in total. The van der Waals surface area contributed by atoms with E-state index in [-0.39, 0.29) is 10.6 Å². The van der Waals surface area contributed by atoms with Crippen molar-refractivity contribution in [1.82, 2.24) is 0 Å². The average molecular weight is 257 g/mol. The molecule has 1 atom stereocenters. The molecule has 0 saturated carbocycles. The second-order valence-corrected chi connectivity index (χ2v) is 4.08. The van der Waals surface area contributed by atoms with Gasteiger partial charge in [-0.05, 0) is 6.42 Å². The third-order valence-electron chi connectivity index (χ3n) is 1.92. The zero-order valence-electron chi connectivity index (χ0n) is 8.07. The fraction of sp³-hybridized carbons (Fsp3) is 0.364. The van der Waals surface area contributed by atoms with Crippen LogP contribution in [-0.4, -0.2) is 24.3 Å². The molecule has 0 aliphatic rings. The topological polar surface area (TPSA) is 26.3 Å². The number of carbonyl (C=O) groups excluding carboxylic acids is 1. The number of benzene rings is 1. The molecule has 2 nitrogen and oxygen atoms in total. The van der Waals surface area contributed by atoms with E-state index in [0.29, 0.717) is 13.0 Å². The lowest BCUT2D eigenvalue weighted by Crippen LogP contribution is -2.15. The largest absolute Gasteiger partial charge is 0.385 e. The molecule has 0 amide bonds. The van der Waals surface area contributed by atoms with E-state index in [1.165, 1.54) is 0 Å². The highest BCUT2D eigenvalue weighted by atomic mass is 79.9.